The van der Waals surface area contributed by atoms with Crippen LogP contribution in [0.5, 0.6) is 5.75 Å². The van der Waals surface area contributed by atoms with Crippen LogP contribution in [0.3, 0.4) is 0 Å². The second-order valence-electron chi connectivity index (χ2n) is 5.66. The fourth-order valence-corrected chi connectivity index (χ4v) is 4.14. The van der Waals surface area contributed by atoms with Crippen LogP contribution in [-0.2, 0) is 11.2 Å². The molecule has 1 fully saturated rings. The van der Waals surface area contributed by atoms with Crippen LogP contribution in [-0.4, -0.2) is 24.1 Å². The zero-order valence-electron chi connectivity index (χ0n) is 11.0. The first-order chi connectivity index (χ1) is 9.13. The van der Waals surface area contributed by atoms with Gasteiger partial charge in [-0.2, -0.15) is 0 Å². The Morgan fingerprint density at radius 3 is 3.00 bits per heavy atom. The molecule has 3 unspecified atom stereocenters. The molecule has 0 N–H and O–H groups in total. The molecule has 0 amide bonds. The SMILES string of the molecule is CC1OCCC1(CBr)CC1Cc2cc(F)ccc2O1. The number of rotatable bonds is 3. The lowest BCUT2D eigenvalue weighted by atomic mass is 9.78. The lowest BCUT2D eigenvalue weighted by molar-refractivity contribution is 0.0502. The average Bonchev–Trinajstić information content (AvgIpc) is 2.94. The predicted molar refractivity (Wildman–Crippen MR) is 75.4 cm³/mol. The van der Waals surface area contributed by atoms with Crippen molar-refractivity contribution in [2.75, 3.05) is 11.9 Å². The van der Waals surface area contributed by atoms with E-state index in [1.807, 2.05) is 0 Å². The predicted octanol–water partition coefficient (Wildman–Crippen LogP) is 3.71. The van der Waals surface area contributed by atoms with Gasteiger partial charge in [0.05, 0.1) is 6.10 Å². The molecule has 1 aromatic rings. The van der Waals surface area contributed by atoms with Crippen molar-refractivity contribution in [2.45, 2.75) is 38.4 Å². The monoisotopic (exact) mass is 328 g/mol. The minimum absolute atomic E-state index is 0.137. The van der Waals surface area contributed by atoms with E-state index in [0.29, 0.717) is 0 Å². The molecule has 0 saturated carbocycles. The van der Waals surface area contributed by atoms with E-state index in [4.69, 9.17) is 9.47 Å². The normalized spacial score (nSPS) is 33.2. The van der Waals surface area contributed by atoms with Gasteiger partial charge < -0.3 is 9.47 Å². The van der Waals surface area contributed by atoms with Crippen LogP contribution in [0.1, 0.15) is 25.3 Å². The van der Waals surface area contributed by atoms with Crippen molar-refractivity contribution >= 4 is 15.9 Å². The van der Waals surface area contributed by atoms with Gasteiger partial charge in [0.15, 0.2) is 0 Å². The fourth-order valence-electron chi connectivity index (χ4n) is 3.17. The highest BCUT2D eigenvalue weighted by Gasteiger charge is 2.43. The highest BCUT2D eigenvalue weighted by Crippen LogP contribution is 2.43. The number of benzene rings is 1. The number of fused-ring (bicyclic) bond motifs is 1. The standard InChI is InChI=1S/C15H18BrFO2/c1-10-15(9-16,4-5-18-10)8-13-7-11-6-12(17)2-3-14(11)19-13/h2-3,6,10,13H,4-5,7-9H2,1H3. The summed E-state index contributed by atoms with van der Waals surface area (Å²) in [6.07, 6.45) is 3.20. The summed E-state index contributed by atoms with van der Waals surface area (Å²) in [7, 11) is 0. The molecular formula is C15H18BrFO2. The van der Waals surface area contributed by atoms with Gasteiger partial charge in [-0.1, -0.05) is 15.9 Å². The molecule has 0 bridgehead atoms. The van der Waals surface area contributed by atoms with E-state index in [9.17, 15) is 4.39 Å². The number of hydrogen-bond donors (Lipinski definition) is 0. The van der Waals surface area contributed by atoms with E-state index in [0.717, 1.165) is 42.5 Å². The average molecular weight is 329 g/mol. The van der Waals surface area contributed by atoms with Gasteiger partial charge in [-0.3, -0.25) is 0 Å². The Balaban J connectivity index is 1.73. The van der Waals surface area contributed by atoms with Crippen molar-refractivity contribution < 1.29 is 13.9 Å². The maximum atomic E-state index is 13.2. The van der Waals surface area contributed by atoms with Gasteiger partial charge >= 0.3 is 0 Å². The van der Waals surface area contributed by atoms with Gasteiger partial charge in [-0.25, -0.2) is 4.39 Å². The van der Waals surface area contributed by atoms with Gasteiger partial charge in [0.2, 0.25) is 0 Å². The highest BCUT2D eigenvalue weighted by molar-refractivity contribution is 9.09. The van der Waals surface area contributed by atoms with Crippen LogP contribution in [0.2, 0.25) is 0 Å². The molecule has 2 aliphatic heterocycles. The molecule has 0 spiro atoms. The van der Waals surface area contributed by atoms with Crippen LogP contribution in [0.4, 0.5) is 4.39 Å². The Morgan fingerprint density at radius 1 is 1.47 bits per heavy atom. The first kappa shape index (κ1) is 13.4. The minimum Gasteiger partial charge on any atom is -0.490 e. The number of alkyl halides is 1. The Labute approximate surface area is 121 Å². The summed E-state index contributed by atoms with van der Waals surface area (Å²) in [5.41, 5.74) is 1.13. The molecule has 0 aromatic heterocycles. The molecule has 0 radical (unpaired) electrons. The third-order valence-electron chi connectivity index (χ3n) is 4.49. The quantitative estimate of drug-likeness (QED) is 0.787. The molecule has 2 aliphatic rings. The summed E-state index contributed by atoms with van der Waals surface area (Å²) in [6, 6.07) is 4.79. The fraction of sp³-hybridized carbons (Fsp3) is 0.600. The van der Waals surface area contributed by atoms with Crippen molar-refractivity contribution in [3.8, 4) is 5.75 Å². The first-order valence-electron chi connectivity index (χ1n) is 6.76. The topological polar surface area (TPSA) is 18.5 Å². The summed E-state index contributed by atoms with van der Waals surface area (Å²) in [5.74, 6) is 0.651. The van der Waals surface area contributed by atoms with Crippen molar-refractivity contribution in [1.82, 2.24) is 0 Å². The van der Waals surface area contributed by atoms with Gasteiger partial charge in [0, 0.05) is 29.3 Å². The smallest absolute Gasteiger partial charge is 0.123 e. The van der Waals surface area contributed by atoms with Crippen molar-refractivity contribution in [3.63, 3.8) is 0 Å². The van der Waals surface area contributed by atoms with Crippen LogP contribution in [0.15, 0.2) is 18.2 Å². The van der Waals surface area contributed by atoms with Gasteiger partial charge in [0.25, 0.3) is 0 Å². The van der Waals surface area contributed by atoms with Crippen molar-refractivity contribution in [1.29, 1.82) is 0 Å². The molecular weight excluding hydrogens is 311 g/mol. The zero-order valence-corrected chi connectivity index (χ0v) is 12.6. The van der Waals surface area contributed by atoms with E-state index in [2.05, 4.69) is 22.9 Å². The third-order valence-corrected chi connectivity index (χ3v) is 5.61. The van der Waals surface area contributed by atoms with Crippen molar-refractivity contribution in [2.24, 2.45) is 5.41 Å². The van der Waals surface area contributed by atoms with E-state index >= 15 is 0 Å². The highest BCUT2D eigenvalue weighted by atomic mass is 79.9. The molecule has 4 heteroatoms. The summed E-state index contributed by atoms with van der Waals surface area (Å²) in [5, 5.41) is 0.922. The summed E-state index contributed by atoms with van der Waals surface area (Å²) in [4.78, 5) is 0. The number of halogens is 2. The summed E-state index contributed by atoms with van der Waals surface area (Å²) < 4.78 is 24.9. The zero-order chi connectivity index (χ0) is 13.5. The van der Waals surface area contributed by atoms with Crippen LogP contribution < -0.4 is 4.74 Å². The van der Waals surface area contributed by atoms with Gasteiger partial charge in [-0.05, 0) is 38.0 Å². The van der Waals surface area contributed by atoms with Crippen LogP contribution in [0.25, 0.3) is 0 Å². The molecule has 2 nitrogen and oxygen atoms in total. The lowest BCUT2D eigenvalue weighted by Crippen LogP contribution is -2.36. The molecule has 104 valence electrons. The first-order valence-corrected chi connectivity index (χ1v) is 7.88. The Morgan fingerprint density at radius 2 is 2.32 bits per heavy atom. The largest absolute Gasteiger partial charge is 0.490 e. The van der Waals surface area contributed by atoms with Crippen LogP contribution in [0, 0.1) is 11.2 Å². The molecule has 2 heterocycles. The minimum atomic E-state index is -0.184. The number of ether oxygens (including phenoxy) is 2. The van der Waals surface area contributed by atoms with E-state index in [1.165, 1.54) is 6.07 Å². The Bertz CT molecular complexity index is 479. The lowest BCUT2D eigenvalue weighted by Gasteiger charge is -2.32. The van der Waals surface area contributed by atoms with E-state index in [1.54, 1.807) is 12.1 Å². The number of hydrogen-bond acceptors (Lipinski definition) is 2. The van der Waals surface area contributed by atoms with Gasteiger partial charge in [-0.15, -0.1) is 0 Å². The third kappa shape index (κ3) is 2.40. The molecule has 19 heavy (non-hydrogen) atoms. The maximum Gasteiger partial charge on any atom is 0.123 e. The Kier molecular flexibility index (Phi) is 3.56. The molecule has 3 rings (SSSR count). The molecule has 0 aliphatic carbocycles. The Hall–Kier alpha value is -0.610. The second-order valence-corrected chi connectivity index (χ2v) is 6.22. The van der Waals surface area contributed by atoms with Crippen LogP contribution >= 0.6 is 15.9 Å². The van der Waals surface area contributed by atoms with E-state index in [-0.39, 0.29) is 23.4 Å². The van der Waals surface area contributed by atoms with Gasteiger partial charge in [0.1, 0.15) is 17.7 Å². The van der Waals surface area contributed by atoms with Crippen molar-refractivity contribution in [3.05, 3.63) is 29.6 Å². The molecule has 1 saturated heterocycles. The summed E-state index contributed by atoms with van der Waals surface area (Å²) >= 11 is 3.63. The summed E-state index contributed by atoms with van der Waals surface area (Å²) in [6.45, 7) is 2.96. The maximum absolute atomic E-state index is 13.2. The second kappa shape index (κ2) is 5.06. The molecule has 3 atom stereocenters. The van der Waals surface area contributed by atoms with E-state index < -0.39 is 0 Å². The molecule has 1 aromatic carbocycles.